The van der Waals surface area contributed by atoms with E-state index >= 15 is 0 Å². The summed E-state index contributed by atoms with van der Waals surface area (Å²) in [5.41, 5.74) is 0.340. The molecule has 0 radical (unpaired) electrons. The molecule has 1 aliphatic heterocycles. The molecular weight excluding hydrogens is 412 g/mol. The predicted octanol–water partition coefficient (Wildman–Crippen LogP) is 2.25. The first-order chi connectivity index (χ1) is 14.3. The average molecular weight is 435 g/mol. The lowest BCUT2D eigenvalue weighted by Gasteiger charge is -2.23. The second kappa shape index (κ2) is 7.91. The highest BCUT2D eigenvalue weighted by molar-refractivity contribution is 6.31. The van der Waals surface area contributed by atoms with E-state index in [9.17, 15) is 19.2 Å². The van der Waals surface area contributed by atoms with Crippen molar-refractivity contribution in [2.75, 3.05) is 19.0 Å². The van der Waals surface area contributed by atoms with Gasteiger partial charge in [0.1, 0.15) is 11.8 Å². The molecule has 2 bridgehead atoms. The number of anilines is 1. The van der Waals surface area contributed by atoms with Gasteiger partial charge in [0.15, 0.2) is 6.61 Å². The highest BCUT2D eigenvalue weighted by Crippen LogP contribution is 2.56. The van der Waals surface area contributed by atoms with Crippen molar-refractivity contribution in [3.05, 3.63) is 23.2 Å². The van der Waals surface area contributed by atoms with Crippen molar-refractivity contribution in [1.82, 2.24) is 4.90 Å². The zero-order chi connectivity index (χ0) is 21.6. The third kappa shape index (κ3) is 3.43. The SMILES string of the molecule is COc1ccc(Cl)cc1NC(=O)COC(=O)[C@H](C)N1C(=O)[C@@H]2[C@@H]3CC[C@@H](C3)[C@@H]2C1=O. The summed E-state index contributed by atoms with van der Waals surface area (Å²) in [5.74, 6) is -1.67. The van der Waals surface area contributed by atoms with Crippen LogP contribution in [0.4, 0.5) is 5.69 Å². The molecule has 1 aromatic carbocycles. The van der Waals surface area contributed by atoms with E-state index in [-0.39, 0.29) is 35.5 Å². The van der Waals surface area contributed by atoms with Crippen LogP contribution in [-0.4, -0.2) is 48.3 Å². The number of hydrogen-bond acceptors (Lipinski definition) is 6. The fraction of sp³-hybridized carbons (Fsp3) is 0.524. The highest BCUT2D eigenvalue weighted by atomic mass is 35.5. The number of carbonyl (C=O) groups excluding carboxylic acids is 4. The van der Waals surface area contributed by atoms with Gasteiger partial charge < -0.3 is 14.8 Å². The number of hydrogen-bond donors (Lipinski definition) is 1. The summed E-state index contributed by atoms with van der Waals surface area (Å²) in [4.78, 5) is 51.3. The minimum atomic E-state index is -1.07. The van der Waals surface area contributed by atoms with Crippen LogP contribution < -0.4 is 10.1 Å². The summed E-state index contributed by atoms with van der Waals surface area (Å²) in [5, 5.41) is 2.97. The molecule has 3 fully saturated rings. The van der Waals surface area contributed by atoms with Crippen LogP contribution in [0, 0.1) is 23.7 Å². The highest BCUT2D eigenvalue weighted by Gasteiger charge is 2.62. The molecule has 5 atom stereocenters. The fourth-order valence-electron chi connectivity index (χ4n) is 5.14. The van der Waals surface area contributed by atoms with Crippen molar-refractivity contribution in [1.29, 1.82) is 0 Å². The summed E-state index contributed by atoms with van der Waals surface area (Å²) in [6, 6.07) is 3.66. The van der Waals surface area contributed by atoms with E-state index in [4.69, 9.17) is 21.1 Å². The Morgan fingerprint density at radius 2 is 1.83 bits per heavy atom. The van der Waals surface area contributed by atoms with E-state index < -0.39 is 24.5 Å². The lowest BCUT2D eigenvalue weighted by molar-refractivity contribution is -0.159. The van der Waals surface area contributed by atoms with Gasteiger partial charge in [0.25, 0.3) is 5.91 Å². The number of rotatable bonds is 6. The minimum absolute atomic E-state index is 0.239. The summed E-state index contributed by atoms with van der Waals surface area (Å²) >= 11 is 5.93. The summed E-state index contributed by atoms with van der Waals surface area (Å²) in [6.45, 7) is 0.895. The van der Waals surface area contributed by atoms with Gasteiger partial charge in [-0.15, -0.1) is 0 Å². The van der Waals surface area contributed by atoms with Gasteiger partial charge in [0.2, 0.25) is 11.8 Å². The normalized spacial score (nSPS) is 27.8. The molecule has 2 saturated carbocycles. The van der Waals surface area contributed by atoms with Gasteiger partial charge >= 0.3 is 5.97 Å². The van der Waals surface area contributed by atoms with E-state index in [1.807, 2.05) is 0 Å². The molecule has 0 unspecified atom stereocenters. The number of methoxy groups -OCH3 is 1. The van der Waals surface area contributed by atoms with Gasteiger partial charge in [-0.3, -0.25) is 19.3 Å². The lowest BCUT2D eigenvalue weighted by Crippen LogP contribution is -2.45. The molecule has 1 aromatic rings. The fourth-order valence-corrected chi connectivity index (χ4v) is 5.31. The number of esters is 1. The molecule has 1 N–H and O–H groups in total. The molecule has 9 heteroatoms. The van der Waals surface area contributed by atoms with E-state index in [0.29, 0.717) is 16.5 Å². The Morgan fingerprint density at radius 1 is 1.20 bits per heavy atom. The van der Waals surface area contributed by atoms with Crippen LogP contribution in [0.15, 0.2) is 18.2 Å². The maximum Gasteiger partial charge on any atom is 0.329 e. The Kier molecular flexibility index (Phi) is 5.44. The number of carbonyl (C=O) groups is 4. The standard InChI is InChI=1S/C21H23ClN2O6/c1-10(24-19(26)17-11-3-4-12(7-11)18(17)20(24)27)21(28)30-9-16(25)23-14-8-13(22)5-6-15(14)29-2/h5-6,8,10-12,17-18H,3-4,7,9H2,1-2H3,(H,23,25)/t10-,11-,12+,17-,18+/m0/s1. The monoisotopic (exact) mass is 434 g/mol. The number of imide groups is 1. The van der Waals surface area contributed by atoms with Gasteiger partial charge in [0.05, 0.1) is 24.6 Å². The number of ether oxygens (including phenoxy) is 2. The van der Waals surface area contributed by atoms with Gasteiger partial charge in [-0.2, -0.15) is 0 Å². The molecule has 1 heterocycles. The summed E-state index contributed by atoms with van der Waals surface area (Å²) in [6.07, 6.45) is 2.85. The van der Waals surface area contributed by atoms with Crippen molar-refractivity contribution in [3.63, 3.8) is 0 Å². The zero-order valence-corrected chi connectivity index (χ0v) is 17.5. The van der Waals surface area contributed by atoms with Crippen LogP contribution in [0.3, 0.4) is 0 Å². The number of fused-ring (bicyclic) bond motifs is 5. The Morgan fingerprint density at radius 3 is 2.43 bits per heavy atom. The molecule has 3 amide bonds. The number of nitrogens with zero attached hydrogens (tertiary/aromatic N) is 1. The number of nitrogens with one attached hydrogen (secondary N) is 1. The molecular formula is C21H23ClN2O6. The Labute approximate surface area is 178 Å². The van der Waals surface area contributed by atoms with Crippen LogP contribution in [0.5, 0.6) is 5.75 Å². The van der Waals surface area contributed by atoms with Crippen molar-refractivity contribution < 1.29 is 28.7 Å². The molecule has 2 aliphatic carbocycles. The maximum atomic E-state index is 12.8. The second-order valence-electron chi connectivity index (χ2n) is 8.11. The van der Waals surface area contributed by atoms with Gasteiger partial charge in [-0.25, -0.2) is 4.79 Å². The molecule has 1 saturated heterocycles. The molecule has 0 aromatic heterocycles. The molecule has 3 aliphatic rings. The Bertz CT molecular complexity index is 891. The van der Waals surface area contributed by atoms with Gasteiger partial charge in [0, 0.05) is 5.02 Å². The molecule has 0 spiro atoms. The third-order valence-electron chi connectivity index (χ3n) is 6.47. The van der Waals surface area contributed by atoms with E-state index in [1.165, 1.54) is 20.1 Å². The number of halogens is 1. The number of likely N-dealkylation sites (tertiary alicyclic amines) is 1. The largest absolute Gasteiger partial charge is 0.495 e. The number of benzene rings is 1. The first-order valence-electron chi connectivity index (χ1n) is 9.98. The first kappa shape index (κ1) is 20.7. The van der Waals surface area contributed by atoms with Crippen molar-refractivity contribution in [3.8, 4) is 5.75 Å². The third-order valence-corrected chi connectivity index (χ3v) is 6.71. The van der Waals surface area contributed by atoms with E-state index in [1.54, 1.807) is 12.1 Å². The van der Waals surface area contributed by atoms with Crippen molar-refractivity contribution in [2.24, 2.45) is 23.7 Å². The number of amides is 3. The maximum absolute atomic E-state index is 12.8. The second-order valence-corrected chi connectivity index (χ2v) is 8.54. The Hall–Kier alpha value is -2.61. The van der Waals surface area contributed by atoms with Crippen molar-refractivity contribution in [2.45, 2.75) is 32.2 Å². The molecule has 30 heavy (non-hydrogen) atoms. The molecule has 160 valence electrons. The summed E-state index contributed by atoms with van der Waals surface area (Å²) in [7, 11) is 1.45. The Balaban J connectivity index is 1.35. The van der Waals surface area contributed by atoms with E-state index in [2.05, 4.69) is 5.32 Å². The van der Waals surface area contributed by atoms with Crippen LogP contribution in [-0.2, 0) is 23.9 Å². The first-order valence-corrected chi connectivity index (χ1v) is 10.4. The quantitative estimate of drug-likeness (QED) is 0.544. The molecule has 4 rings (SSSR count). The lowest BCUT2D eigenvalue weighted by atomic mass is 9.81. The van der Waals surface area contributed by atoms with Gasteiger partial charge in [-0.1, -0.05) is 11.6 Å². The van der Waals surface area contributed by atoms with Crippen LogP contribution in [0.1, 0.15) is 26.2 Å². The van der Waals surface area contributed by atoms with Crippen LogP contribution >= 0.6 is 11.6 Å². The van der Waals surface area contributed by atoms with E-state index in [0.717, 1.165) is 24.2 Å². The van der Waals surface area contributed by atoms with Gasteiger partial charge in [-0.05, 0) is 56.2 Å². The van der Waals surface area contributed by atoms with Crippen molar-refractivity contribution >= 4 is 41.0 Å². The zero-order valence-electron chi connectivity index (χ0n) is 16.7. The summed E-state index contributed by atoms with van der Waals surface area (Å²) < 4.78 is 10.2. The average Bonchev–Trinajstić information content (AvgIpc) is 3.39. The van der Waals surface area contributed by atoms with Crippen LogP contribution in [0.2, 0.25) is 5.02 Å². The predicted molar refractivity (Wildman–Crippen MR) is 107 cm³/mol. The minimum Gasteiger partial charge on any atom is -0.495 e. The smallest absolute Gasteiger partial charge is 0.329 e. The van der Waals surface area contributed by atoms with Crippen LogP contribution in [0.25, 0.3) is 0 Å². The topological polar surface area (TPSA) is 102 Å². The molecule has 8 nitrogen and oxygen atoms in total.